The minimum Gasteiger partial charge on any atom is -0.293 e. The van der Waals surface area contributed by atoms with Gasteiger partial charge in [-0.15, -0.1) is 13.2 Å². The highest BCUT2D eigenvalue weighted by Gasteiger charge is 2.25. The zero-order chi connectivity index (χ0) is 15.4. The van der Waals surface area contributed by atoms with E-state index in [1.807, 2.05) is 24.4 Å². The molecule has 0 saturated carbocycles. The smallest absolute Gasteiger partial charge is 0.0923 e. The number of aryl methyl sites for hydroxylation is 1. The number of hydrogen-bond acceptors (Lipinski definition) is 2. The molecule has 0 amide bonds. The number of H-pyrrole nitrogens is 1. The maximum atomic E-state index is 4.37. The standard InChI is InChI=1S/C19H23N3/c1-3-12-22(13-4-2)16-9-8-15-6-5-7-17(18(15)14-16)19-10-11-20-21-19/h3-7,10-11,16H,1-2,8-9,12-14H2,(H,20,21). The van der Waals surface area contributed by atoms with Gasteiger partial charge < -0.3 is 0 Å². The Morgan fingerprint density at radius 2 is 2.05 bits per heavy atom. The van der Waals surface area contributed by atoms with Crippen molar-refractivity contribution in [1.29, 1.82) is 0 Å². The fourth-order valence-corrected chi connectivity index (χ4v) is 3.44. The molecule has 1 N–H and O–H groups in total. The highest BCUT2D eigenvalue weighted by atomic mass is 15.1. The molecule has 3 rings (SSSR count). The van der Waals surface area contributed by atoms with Crippen molar-refractivity contribution < 1.29 is 0 Å². The van der Waals surface area contributed by atoms with Crippen LogP contribution in [0.4, 0.5) is 0 Å². The van der Waals surface area contributed by atoms with Crippen LogP contribution < -0.4 is 0 Å². The van der Waals surface area contributed by atoms with Crippen LogP contribution in [0.3, 0.4) is 0 Å². The topological polar surface area (TPSA) is 31.9 Å². The largest absolute Gasteiger partial charge is 0.293 e. The van der Waals surface area contributed by atoms with Gasteiger partial charge in [0.15, 0.2) is 0 Å². The molecule has 1 aromatic heterocycles. The van der Waals surface area contributed by atoms with Crippen molar-refractivity contribution in [3.63, 3.8) is 0 Å². The van der Waals surface area contributed by atoms with Gasteiger partial charge in [0.05, 0.1) is 5.69 Å². The Kier molecular flexibility index (Phi) is 4.54. The third kappa shape index (κ3) is 2.90. The summed E-state index contributed by atoms with van der Waals surface area (Å²) in [7, 11) is 0. The van der Waals surface area contributed by atoms with Gasteiger partial charge in [0, 0.05) is 30.9 Å². The molecule has 0 saturated heterocycles. The van der Waals surface area contributed by atoms with Crippen molar-refractivity contribution in [2.45, 2.75) is 25.3 Å². The van der Waals surface area contributed by atoms with E-state index < -0.39 is 0 Å². The number of hydrogen-bond donors (Lipinski definition) is 1. The second kappa shape index (κ2) is 6.75. The normalized spacial score (nSPS) is 17.2. The Balaban J connectivity index is 1.91. The van der Waals surface area contributed by atoms with E-state index in [0.717, 1.165) is 31.6 Å². The van der Waals surface area contributed by atoms with Crippen LogP contribution in [0.15, 0.2) is 55.8 Å². The number of benzene rings is 1. The Hall–Kier alpha value is -2.13. The summed E-state index contributed by atoms with van der Waals surface area (Å²) in [5, 5.41) is 7.29. The summed E-state index contributed by atoms with van der Waals surface area (Å²) in [6.45, 7) is 9.61. The van der Waals surface area contributed by atoms with Crippen LogP contribution in [0.5, 0.6) is 0 Å². The molecule has 114 valence electrons. The lowest BCUT2D eigenvalue weighted by Crippen LogP contribution is -2.39. The predicted octanol–water partition coefficient (Wildman–Crippen LogP) is 3.61. The number of nitrogens with one attached hydrogen (secondary N) is 1. The molecule has 2 aromatic rings. The molecular formula is C19H23N3. The van der Waals surface area contributed by atoms with Gasteiger partial charge in [-0.25, -0.2) is 0 Å². The molecule has 1 aliphatic carbocycles. The van der Waals surface area contributed by atoms with Crippen molar-refractivity contribution in [1.82, 2.24) is 15.1 Å². The second-order valence-corrected chi connectivity index (χ2v) is 5.83. The molecule has 3 nitrogen and oxygen atoms in total. The molecule has 1 unspecified atom stereocenters. The van der Waals surface area contributed by atoms with E-state index in [0.29, 0.717) is 6.04 Å². The van der Waals surface area contributed by atoms with Crippen LogP contribution in [0, 0.1) is 0 Å². The van der Waals surface area contributed by atoms with E-state index in [1.165, 1.54) is 23.1 Å². The van der Waals surface area contributed by atoms with Crippen molar-refractivity contribution in [2.24, 2.45) is 0 Å². The highest BCUT2D eigenvalue weighted by molar-refractivity contribution is 5.65. The average Bonchev–Trinajstić information content (AvgIpc) is 3.08. The SMILES string of the molecule is C=CCN(CC=C)C1CCc2cccc(-c3cc[nH]n3)c2C1. The van der Waals surface area contributed by atoms with Crippen LogP contribution in [-0.4, -0.2) is 34.2 Å². The van der Waals surface area contributed by atoms with Crippen LogP contribution >= 0.6 is 0 Å². The molecule has 0 bridgehead atoms. The Bertz CT molecular complexity index is 633. The third-order valence-electron chi connectivity index (χ3n) is 4.48. The van der Waals surface area contributed by atoms with E-state index in [1.54, 1.807) is 0 Å². The van der Waals surface area contributed by atoms with Crippen molar-refractivity contribution >= 4 is 0 Å². The van der Waals surface area contributed by atoms with Gasteiger partial charge in [0.1, 0.15) is 0 Å². The zero-order valence-electron chi connectivity index (χ0n) is 13.0. The average molecular weight is 293 g/mol. The quantitative estimate of drug-likeness (QED) is 0.825. The molecule has 22 heavy (non-hydrogen) atoms. The van der Waals surface area contributed by atoms with E-state index in [9.17, 15) is 0 Å². The highest BCUT2D eigenvalue weighted by Crippen LogP contribution is 2.32. The van der Waals surface area contributed by atoms with E-state index in [2.05, 4.69) is 46.5 Å². The Labute approximate surface area is 132 Å². The molecule has 3 heteroatoms. The van der Waals surface area contributed by atoms with Gasteiger partial charge in [-0.3, -0.25) is 10.00 Å². The fraction of sp³-hybridized carbons (Fsp3) is 0.316. The van der Waals surface area contributed by atoms with Crippen LogP contribution in [-0.2, 0) is 12.8 Å². The maximum Gasteiger partial charge on any atom is 0.0923 e. The zero-order valence-corrected chi connectivity index (χ0v) is 13.0. The molecule has 0 aliphatic heterocycles. The lowest BCUT2D eigenvalue weighted by molar-refractivity contribution is 0.220. The first-order valence-electron chi connectivity index (χ1n) is 7.90. The van der Waals surface area contributed by atoms with Crippen molar-refractivity contribution in [3.8, 4) is 11.3 Å². The summed E-state index contributed by atoms with van der Waals surface area (Å²) >= 11 is 0. The molecule has 0 spiro atoms. The minimum absolute atomic E-state index is 0.545. The van der Waals surface area contributed by atoms with Gasteiger partial charge in [0.2, 0.25) is 0 Å². The number of aromatic amines is 1. The third-order valence-corrected chi connectivity index (χ3v) is 4.48. The fourth-order valence-electron chi connectivity index (χ4n) is 3.44. The minimum atomic E-state index is 0.545. The van der Waals surface area contributed by atoms with Gasteiger partial charge in [-0.2, -0.15) is 5.10 Å². The van der Waals surface area contributed by atoms with E-state index >= 15 is 0 Å². The van der Waals surface area contributed by atoms with Crippen molar-refractivity contribution in [3.05, 3.63) is 66.9 Å². The van der Waals surface area contributed by atoms with Gasteiger partial charge in [-0.05, 0) is 36.5 Å². The summed E-state index contributed by atoms with van der Waals surface area (Å²) in [4.78, 5) is 2.46. The van der Waals surface area contributed by atoms with Crippen molar-refractivity contribution in [2.75, 3.05) is 13.1 Å². The van der Waals surface area contributed by atoms with Crippen LogP contribution in [0.25, 0.3) is 11.3 Å². The number of nitrogens with zero attached hydrogens (tertiary/aromatic N) is 2. The predicted molar refractivity (Wildman–Crippen MR) is 91.8 cm³/mol. The summed E-state index contributed by atoms with van der Waals surface area (Å²) in [6.07, 6.45) is 9.25. The first-order chi connectivity index (χ1) is 10.8. The molecule has 0 radical (unpaired) electrons. The van der Waals surface area contributed by atoms with Crippen LogP contribution in [0.2, 0.25) is 0 Å². The van der Waals surface area contributed by atoms with Gasteiger partial charge >= 0.3 is 0 Å². The molecule has 1 aromatic carbocycles. The first-order valence-corrected chi connectivity index (χ1v) is 7.90. The second-order valence-electron chi connectivity index (χ2n) is 5.83. The van der Waals surface area contributed by atoms with Gasteiger partial charge in [0.25, 0.3) is 0 Å². The molecule has 0 fully saturated rings. The number of aromatic nitrogens is 2. The summed E-state index contributed by atoms with van der Waals surface area (Å²) in [5.41, 5.74) is 5.22. The molecule has 1 heterocycles. The van der Waals surface area contributed by atoms with Gasteiger partial charge in [-0.1, -0.05) is 30.4 Å². The monoisotopic (exact) mass is 293 g/mol. The summed E-state index contributed by atoms with van der Waals surface area (Å²) in [6, 6.07) is 9.18. The molecular weight excluding hydrogens is 270 g/mol. The van der Waals surface area contributed by atoms with E-state index in [-0.39, 0.29) is 0 Å². The Morgan fingerprint density at radius 1 is 1.23 bits per heavy atom. The first kappa shape index (κ1) is 14.8. The number of fused-ring (bicyclic) bond motifs is 1. The molecule has 1 atom stereocenters. The lowest BCUT2D eigenvalue weighted by Gasteiger charge is -2.34. The Morgan fingerprint density at radius 3 is 2.73 bits per heavy atom. The van der Waals surface area contributed by atoms with Crippen LogP contribution in [0.1, 0.15) is 17.5 Å². The van der Waals surface area contributed by atoms with E-state index in [4.69, 9.17) is 0 Å². The lowest BCUT2D eigenvalue weighted by atomic mass is 9.84. The summed E-state index contributed by atoms with van der Waals surface area (Å²) < 4.78 is 0. The number of rotatable bonds is 6. The molecule has 1 aliphatic rings. The summed E-state index contributed by atoms with van der Waals surface area (Å²) in [5.74, 6) is 0. The maximum absolute atomic E-state index is 4.37.